The highest BCUT2D eigenvalue weighted by atomic mass is 32.2. The smallest absolute Gasteiger partial charge is 0.225 e. The standard InChI is InChI=1S/C20H21F2NO3S/c21-14-7-8-18(26-13-15-4-3-10-25-15)17(12-14)23-20(24)9-11-27-19-6-2-1-5-16(19)22/h1-2,5-8,12,15H,3-4,9-11,13H2,(H,23,24). The highest BCUT2D eigenvalue weighted by molar-refractivity contribution is 7.99. The molecule has 1 fully saturated rings. The van der Waals surface area contributed by atoms with Crippen LogP contribution in [-0.4, -0.2) is 31.0 Å². The maximum Gasteiger partial charge on any atom is 0.225 e. The van der Waals surface area contributed by atoms with Gasteiger partial charge in [-0.15, -0.1) is 11.8 Å². The Morgan fingerprint density at radius 1 is 1.26 bits per heavy atom. The molecule has 1 amide bonds. The molecule has 0 bridgehead atoms. The second kappa shape index (κ2) is 9.71. The van der Waals surface area contributed by atoms with Gasteiger partial charge in [-0.25, -0.2) is 8.78 Å². The molecule has 4 nitrogen and oxygen atoms in total. The molecule has 3 rings (SSSR count). The topological polar surface area (TPSA) is 47.6 Å². The van der Waals surface area contributed by atoms with Gasteiger partial charge in [0.25, 0.3) is 0 Å². The molecule has 0 saturated carbocycles. The van der Waals surface area contributed by atoms with Crippen molar-refractivity contribution in [2.45, 2.75) is 30.3 Å². The first-order valence-corrected chi connectivity index (χ1v) is 9.81. The van der Waals surface area contributed by atoms with Gasteiger partial charge in [0.1, 0.15) is 24.0 Å². The molecule has 7 heteroatoms. The minimum Gasteiger partial charge on any atom is -0.489 e. The van der Waals surface area contributed by atoms with Crippen molar-refractivity contribution in [1.82, 2.24) is 0 Å². The van der Waals surface area contributed by atoms with E-state index in [1.165, 1.54) is 36.0 Å². The quantitative estimate of drug-likeness (QED) is 0.664. The highest BCUT2D eigenvalue weighted by Gasteiger charge is 2.17. The number of halogens is 2. The molecule has 1 atom stereocenters. The van der Waals surface area contributed by atoms with Crippen LogP contribution in [0.15, 0.2) is 47.4 Å². The van der Waals surface area contributed by atoms with Crippen molar-refractivity contribution < 1.29 is 23.0 Å². The zero-order valence-corrected chi connectivity index (χ0v) is 15.6. The maximum absolute atomic E-state index is 13.6. The predicted molar refractivity (Wildman–Crippen MR) is 101 cm³/mol. The molecule has 1 aliphatic rings. The summed E-state index contributed by atoms with van der Waals surface area (Å²) < 4.78 is 38.4. The van der Waals surface area contributed by atoms with Crippen LogP contribution in [0.3, 0.4) is 0 Å². The molecule has 0 aliphatic carbocycles. The molecule has 2 aromatic carbocycles. The molecule has 2 aromatic rings. The fraction of sp³-hybridized carbons (Fsp3) is 0.350. The second-order valence-corrected chi connectivity index (χ2v) is 7.30. The molecule has 0 aromatic heterocycles. The summed E-state index contributed by atoms with van der Waals surface area (Å²) in [5.41, 5.74) is 0.286. The Labute approximate surface area is 161 Å². The van der Waals surface area contributed by atoms with E-state index in [4.69, 9.17) is 9.47 Å². The lowest BCUT2D eigenvalue weighted by atomic mass is 10.2. The normalized spacial score (nSPS) is 16.3. The van der Waals surface area contributed by atoms with Gasteiger partial charge in [-0.1, -0.05) is 12.1 Å². The Hall–Kier alpha value is -2.12. The van der Waals surface area contributed by atoms with Crippen molar-refractivity contribution in [2.75, 3.05) is 24.3 Å². The Bertz CT molecular complexity index is 782. The van der Waals surface area contributed by atoms with Gasteiger partial charge < -0.3 is 14.8 Å². The largest absolute Gasteiger partial charge is 0.489 e. The zero-order chi connectivity index (χ0) is 19.1. The number of amides is 1. The summed E-state index contributed by atoms with van der Waals surface area (Å²) in [6, 6.07) is 10.4. The summed E-state index contributed by atoms with van der Waals surface area (Å²) in [6.07, 6.45) is 2.12. The van der Waals surface area contributed by atoms with Crippen molar-refractivity contribution in [3.8, 4) is 5.75 Å². The minimum atomic E-state index is -0.463. The van der Waals surface area contributed by atoms with E-state index in [0.717, 1.165) is 19.4 Å². The van der Waals surface area contributed by atoms with Gasteiger partial charge in [0.2, 0.25) is 5.91 Å². The number of thioether (sulfide) groups is 1. The Morgan fingerprint density at radius 2 is 2.11 bits per heavy atom. The first kappa shape index (κ1) is 19.6. The zero-order valence-electron chi connectivity index (χ0n) is 14.8. The van der Waals surface area contributed by atoms with Gasteiger partial charge >= 0.3 is 0 Å². The van der Waals surface area contributed by atoms with E-state index < -0.39 is 5.82 Å². The van der Waals surface area contributed by atoms with E-state index >= 15 is 0 Å². The lowest BCUT2D eigenvalue weighted by Gasteiger charge is -2.15. The van der Waals surface area contributed by atoms with E-state index in [1.54, 1.807) is 18.2 Å². The van der Waals surface area contributed by atoms with Crippen LogP contribution in [0, 0.1) is 11.6 Å². The fourth-order valence-corrected chi connectivity index (χ4v) is 3.60. The van der Waals surface area contributed by atoms with E-state index in [9.17, 15) is 13.6 Å². The van der Waals surface area contributed by atoms with E-state index in [0.29, 0.717) is 23.0 Å². The van der Waals surface area contributed by atoms with Crippen LogP contribution in [0.4, 0.5) is 14.5 Å². The molecule has 1 saturated heterocycles. The monoisotopic (exact) mass is 393 g/mol. The summed E-state index contributed by atoms with van der Waals surface area (Å²) in [4.78, 5) is 12.7. The molecular weight excluding hydrogens is 372 g/mol. The molecule has 0 spiro atoms. The fourth-order valence-electron chi connectivity index (χ4n) is 2.71. The average molecular weight is 393 g/mol. The van der Waals surface area contributed by atoms with Gasteiger partial charge in [0, 0.05) is 29.7 Å². The molecule has 27 heavy (non-hydrogen) atoms. The SMILES string of the molecule is O=C(CCSc1ccccc1F)Nc1cc(F)ccc1OCC1CCCO1. The van der Waals surface area contributed by atoms with Crippen LogP contribution in [0.2, 0.25) is 0 Å². The number of hydrogen-bond acceptors (Lipinski definition) is 4. The first-order valence-electron chi connectivity index (χ1n) is 8.83. The average Bonchev–Trinajstić information content (AvgIpc) is 3.16. The maximum atomic E-state index is 13.6. The summed E-state index contributed by atoms with van der Waals surface area (Å²) >= 11 is 1.26. The molecular formula is C20H21F2NO3S. The molecule has 0 radical (unpaired) electrons. The van der Waals surface area contributed by atoms with Gasteiger partial charge in [-0.2, -0.15) is 0 Å². The van der Waals surface area contributed by atoms with Crippen LogP contribution >= 0.6 is 11.8 Å². The summed E-state index contributed by atoms with van der Waals surface area (Å²) in [7, 11) is 0. The van der Waals surface area contributed by atoms with E-state index in [1.807, 2.05) is 0 Å². The lowest BCUT2D eigenvalue weighted by Crippen LogP contribution is -2.18. The molecule has 1 unspecified atom stereocenters. The van der Waals surface area contributed by atoms with Crippen LogP contribution in [0.5, 0.6) is 5.75 Å². The minimum absolute atomic E-state index is 0.0239. The molecule has 1 heterocycles. The van der Waals surface area contributed by atoms with Crippen molar-refractivity contribution in [1.29, 1.82) is 0 Å². The first-order chi connectivity index (χ1) is 13.1. The Kier molecular flexibility index (Phi) is 7.06. The number of carbonyl (C=O) groups excluding carboxylic acids is 1. The molecule has 1 N–H and O–H groups in total. The van der Waals surface area contributed by atoms with Crippen molar-refractivity contribution in [3.05, 3.63) is 54.1 Å². The van der Waals surface area contributed by atoms with Gasteiger partial charge in [-0.05, 0) is 37.1 Å². The predicted octanol–water partition coefficient (Wildman–Crippen LogP) is 4.64. The van der Waals surface area contributed by atoms with Crippen molar-refractivity contribution in [2.24, 2.45) is 0 Å². The van der Waals surface area contributed by atoms with Crippen LogP contribution in [0.25, 0.3) is 0 Å². The lowest BCUT2D eigenvalue weighted by molar-refractivity contribution is -0.115. The number of ether oxygens (including phenoxy) is 2. The Balaban J connectivity index is 1.53. The number of rotatable bonds is 8. The number of anilines is 1. The third-order valence-corrected chi connectivity index (χ3v) is 5.14. The summed E-state index contributed by atoms with van der Waals surface area (Å²) in [5.74, 6) is -0.240. The Morgan fingerprint density at radius 3 is 2.89 bits per heavy atom. The third kappa shape index (κ3) is 5.94. The number of nitrogens with one attached hydrogen (secondary N) is 1. The third-order valence-electron chi connectivity index (χ3n) is 4.09. The molecule has 144 valence electrons. The summed E-state index contributed by atoms with van der Waals surface area (Å²) in [6.45, 7) is 1.08. The van der Waals surface area contributed by atoms with Crippen molar-refractivity contribution in [3.63, 3.8) is 0 Å². The van der Waals surface area contributed by atoms with Gasteiger partial charge in [0.15, 0.2) is 0 Å². The van der Waals surface area contributed by atoms with Gasteiger partial charge in [0.05, 0.1) is 11.8 Å². The highest BCUT2D eigenvalue weighted by Crippen LogP contribution is 2.27. The number of carbonyl (C=O) groups is 1. The number of hydrogen-bond donors (Lipinski definition) is 1. The second-order valence-electron chi connectivity index (χ2n) is 6.16. The van der Waals surface area contributed by atoms with Crippen LogP contribution in [-0.2, 0) is 9.53 Å². The van der Waals surface area contributed by atoms with Crippen molar-refractivity contribution >= 4 is 23.4 Å². The van der Waals surface area contributed by atoms with E-state index in [-0.39, 0.29) is 29.9 Å². The van der Waals surface area contributed by atoms with Crippen LogP contribution in [0.1, 0.15) is 19.3 Å². The summed E-state index contributed by atoms with van der Waals surface area (Å²) in [5, 5.41) is 2.68. The number of benzene rings is 2. The van der Waals surface area contributed by atoms with E-state index in [2.05, 4.69) is 5.32 Å². The molecule has 1 aliphatic heterocycles. The van der Waals surface area contributed by atoms with Gasteiger partial charge in [-0.3, -0.25) is 4.79 Å². The van der Waals surface area contributed by atoms with Crippen LogP contribution < -0.4 is 10.1 Å².